The van der Waals surface area contributed by atoms with E-state index in [0.717, 1.165) is 11.1 Å². The fourth-order valence-corrected chi connectivity index (χ4v) is 2.72. The molecule has 0 radical (unpaired) electrons. The highest BCUT2D eigenvalue weighted by atomic mass is 32.2. The summed E-state index contributed by atoms with van der Waals surface area (Å²) in [6.07, 6.45) is 3.74. The van der Waals surface area contributed by atoms with E-state index in [-0.39, 0.29) is 18.0 Å². The van der Waals surface area contributed by atoms with Crippen LogP contribution in [0.3, 0.4) is 0 Å². The number of nitrogens with one attached hydrogen (secondary N) is 1. The lowest BCUT2D eigenvalue weighted by atomic mass is 10.2. The van der Waals surface area contributed by atoms with Gasteiger partial charge in [0.15, 0.2) is 0 Å². The van der Waals surface area contributed by atoms with E-state index in [0.29, 0.717) is 6.42 Å². The first-order valence-electron chi connectivity index (χ1n) is 6.19. The predicted molar refractivity (Wildman–Crippen MR) is 76.7 cm³/mol. The van der Waals surface area contributed by atoms with Gasteiger partial charge in [-0.25, -0.2) is 13.1 Å². The second-order valence-electron chi connectivity index (χ2n) is 4.41. The minimum Gasteiger partial charge on any atom is -0.508 e. The Morgan fingerprint density at radius 1 is 1.00 bits per heavy atom. The summed E-state index contributed by atoms with van der Waals surface area (Å²) in [6.45, 7) is 0.221. The first-order chi connectivity index (χ1) is 9.55. The van der Waals surface area contributed by atoms with Gasteiger partial charge in [-0.2, -0.15) is 0 Å². The van der Waals surface area contributed by atoms with Crippen LogP contribution in [0.2, 0.25) is 0 Å². The zero-order valence-electron chi connectivity index (χ0n) is 10.9. The molecule has 106 valence electrons. The lowest BCUT2D eigenvalue weighted by molar-refractivity contribution is 0.475. The molecule has 6 heteroatoms. The van der Waals surface area contributed by atoms with E-state index in [1.54, 1.807) is 36.7 Å². The van der Waals surface area contributed by atoms with Crippen LogP contribution in [0.25, 0.3) is 0 Å². The molecule has 0 aliphatic carbocycles. The highest BCUT2D eigenvalue weighted by Gasteiger charge is 2.10. The summed E-state index contributed by atoms with van der Waals surface area (Å²) in [5.74, 6) is 0.198. The number of sulfonamides is 1. The number of aryl methyl sites for hydroxylation is 1. The van der Waals surface area contributed by atoms with Crippen molar-refractivity contribution in [3.63, 3.8) is 0 Å². The standard InChI is InChI=1S/C14H16N2O3S/c17-14-3-1-13(2-4-14)11-16-20(18,19)10-7-12-5-8-15-9-6-12/h1-6,8-9,16-17H,7,10-11H2. The lowest BCUT2D eigenvalue weighted by Gasteiger charge is -2.07. The van der Waals surface area contributed by atoms with Crippen LogP contribution in [0, 0.1) is 0 Å². The smallest absolute Gasteiger partial charge is 0.212 e. The third-order valence-electron chi connectivity index (χ3n) is 2.84. The molecule has 2 rings (SSSR count). The van der Waals surface area contributed by atoms with Gasteiger partial charge in [0, 0.05) is 18.9 Å². The van der Waals surface area contributed by atoms with Gasteiger partial charge in [0.25, 0.3) is 0 Å². The first kappa shape index (κ1) is 14.5. The van der Waals surface area contributed by atoms with E-state index in [9.17, 15) is 8.42 Å². The van der Waals surface area contributed by atoms with E-state index >= 15 is 0 Å². The normalized spacial score (nSPS) is 11.4. The third-order valence-corrected chi connectivity index (χ3v) is 4.17. The molecule has 5 nitrogen and oxygen atoms in total. The van der Waals surface area contributed by atoms with E-state index in [1.807, 2.05) is 0 Å². The van der Waals surface area contributed by atoms with Gasteiger partial charge in [0.2, 0.25) is 10.0 Å². The van der Waals surface area contributed by atoms with Crippen LogP contribution in [0.1, 0.15) is 11.1 Å². The Kier molecular flexibility index (Phi) is 4.70. The molecule has 0 aliphatic heterocycles. The number of pyridine rings is 1. The minimum absolute atomic E-state index is 0.0368. The van der Waals surface area contributed by atoms with E-state index in [4.69, 9.17) is 5.11 Å². The van der Waals surface area contributed by atoms with Crippen LogP contribution in [0.15, 0.2) is 48.8 Å². The summed E-state index contributed by atoms with van der Waals surface area (Å²) >= 11 is 0. The average Bonchev–Trinajstić information content (AvgIpc) is 2.46. The van der Waals surface area contributed by atoms with Crippen molar-refractivity contribution in [2.24, 2.45) is 0 Å². The predicted octanol–water partition coefficient (Wildman–Crippen LogP) is 1.45. The quantitative estimate of drug-likeness (QED) is 0.844. The summed E-state index contributed by atoms with van der Waals surface area (Å²) < 4.78 is 26.3. The SMILES string of the molecule is O=S(=O)(CCc1ccncc1)NCc1ccc(O)cc1. The molecule has 0 spiro atoms. The van der Waals surface area contributed by atoms with E-state index in [2.05, 4.69) is 9.71 Å². The zero-order chi connectivity index (χ0) is 14.4. The Balaban J connectivity index is 1.86. The molecule has 0 amide bonds. The number of phenolic OH excluding ortho intramolecular Hbond substituents is 1. The molecule has 0 saturated carbocycles. The summed E-state index contributed by atoms with van der Waals surface area (Å²) in [7, 11) is -3.32. The van der Waals surface area contributed by atoms with Gasteiger partial charge in [-0.15, -0.1) is 0 Å². The molecule has 0 bridgehead atoms. The average molecular weight is 292 g/mol. The highest BCUT2D eigenvalue weighted by Crippen LogP contribution is 2.09. The van der Waals surface area contributed by atoms with Gasteiger partial charge in [-0.3, -0.25) is 4.98 Å². The maximum absolute atomic E-state index is 11.9. The summed E-state index contributed by atoms with van der Waals surface area (Å²) in [4.78, 5) is 3.89. The molecule has 2 aromatic rings. The van der Waals surface area contributed by atoms with Crippen LogP contribution in [-0.4, -0.2) is 24.3 Å². The highest BCUT2D eigenvalue weighted by molar-refractivity contribution is 7.89. The molecular formula is C14H16N2O3S. The van der Waals surface area contributed by atoms with Crippen LogP contribution >= 0.6 is 0 Å². The van der Waals surface area contributed by atoms with Gasteiger partial charge in [0.1, 0.15) is 5.75 Å². The molecule has 0 unspecified atom stereocenters. The molecule has 0 aliphatic rings. The van der Waals surface area contributed by atoms with Gasteiger partial charge in [0.05, 0.1) is 5.75 Å². The Labute approximate surface area is 118 Å². The number of aromatic nitrogens is 1. The van der Waals surface area contributed by atoms with Crippen molar-refractivity contribution in [1.29, 1.82) is 0 Å². The maximum atomic E-state index is 11.9. The number of aromatic hydroxyl groups is 1. The van der Waals surface area contributed by atoms with Crippen LogP contribution in [-0.2, 0) is 23.0 Å². The fraction of sp³-hybridized carbons (Fsp3) is 0.214. The van der Waals surface area contributed by atoms with Crippen molar-refractivity contribution >= 4 is 10.0 Å². The molecular weight excluding hydrogens is 276 g/mol. The molecule has 1 aromatic heterocycles. The van der Waals surface area contributed by atoms with Crippen LogP contribution in [0.5, 0.6) is 5.75 Å². The third kappa shape index (κ3) is 4.64. The fourth-order valence-electron chi connectivity index (χ4n) is 1.68. The van der Waals surface area contributed by atoms with Crippen LogP contribution < -0.4 is 4.72 Å². The number of phenols is 1. The Morgan fingerprint density at radius 2 is 1.65 bits per heavy atom. The zero-order valence-corrected chi connectivity index (χ0v) is 11.7. The van der Waals surface area contributed by atoms with Crippen molar-refractivity contribution in [3.05, 3.63) is 59.9 Å². The molecule has 1 heterocycles. The maximum Gasteiger partial charge on any atom is 0.212 e. The number of rotatable bonds is 6. The van der Waals surface area contributed by atoms with Crippen molar-refractivity contribution in [2.45, 2.75) is 13.0 Å². The van der Waals surface area contributed by atoms with Crippen molar-refractivity contribution < 1.29 is 13.5 Å². The minimum atomic E-state index is -3.32. The Hall–Kier alpha value is -1.92. The molecule has 0 saturated heterocycles. The monoisotopic (exact) mass is 292 g/mol. The van der Waals surface area contributed by atoms with E-state index < -0.39 is 10.0 Å². The number of nitrogens with zero attached hydrogens (tertiary/aromatic N) is 1. The van der Waals surface area contributed by atoms with Gasteiger partial charge in [-0.05, 0) is 41.8 Å². The van der Waals surface area contributed by atoms with Gasteiger partial charge in [-0.1, -0.05) is 12.1 Å². The number of hydrogen-bond acceptors (Lipinski definition) is 4. The van der Waals surface area contributed by atoms with Crippen LogP contribution in [0.4, 0.5) is 0 Å². The molecule has 1 aromatic carbocycles. The largest absolute Gasteiger partial charge is 0.508 e. The van der Waals surface area contributed by atoms with E-state index in [1.165, 1.54) is 12.1 Å². The molecule has 0 fully saturated rings. The summed E-state index contributed by atoms with van der Waals surface area (Å²) in [5, 5.41) is 9.15. The number of benzene rings is 1. The van der Waals surface area contributed by atoms with Gasteiger partial charge >= 0.3 is 0 Å². The summed E-state index contributed by atoms with van der Waals surface area (Å²) in [6, 6.07) is 10.0. The molecule has 20 heavy (non-hydrogen) atoms. The first-order valence-corrected chi connectivity index (χ1v) is 7.84. The lowest BCUT2D eigenvalue weighted by Crippen LogP contribution is -2.26. The Morgan fingerprint density at radius 3 is 2.30 bits per heavy atom. The summed E-state index contributed by atoms with van der Waals surface area (Å²) in [5.41, 5.74) is 1.74. The molecule has 2 N–H and O–H groups in total. The topological polar surface area (TPSA) is 79.3 Å². The van der Waals surface area contributed by atoms with Crippen molar-refractivity contribution in [2.75, 3.05) is 5.75 Å². The van der Waals surface area contributed by atoms with Crippen molar-refractivity contribution in [1.82, 2.24) is 9.71 Å². The van der Waals surface area contributed by atoms with Gasteiger partial charge < -0.3 is 5.11 Å². The van der Waals surface area contributed by atoms with Crippen molar-refractivity contribution in [3.8, 4) is 5.75 Å². The number of hydrogen-bond donors (Lipinski definition) is 2. The second kappa shape index (κ2) is 6.49. The second-order valence-corrected chi connectivity index (χ2v) is 6.34. The Bertz CT molecular complexity index is 640. The molecule has 0 atom stereocenters.